The van der Waals surface area contributed by atoms with Crippen LogP contribution in [0, 0.1) is 5.92 Å². The molecule has 2 heterocycles. The lowest BCUT2D eigenvalue weighted by Crippen LogP contribution is -2.52. The fourth-order valence-electron chi connectivity index (χ4n) is 2.84. The molecule has 24 heavy (non-hydrogen) atoms. The van der Waals surface area contributed by atoms with E-state index in [0.717, 1.165) is 51.9 Å². The Kier molecular flexibility index (Phi) is 10.3. The number of rotatable bonds is 7. The zero-order valence-electron chi connectivity index (χ0n) is 14.9. The summed E-state index contributed by atoms with van der Waals surface area (Å²) in [5.41, 5.74) is 0. The molecule has 1 atom stereocenters. The molecular formula is C16H31IN6O. The van der Waals surface area contributed by atoms with Crippen molar-refractivity contribution in [1.82, 2.24) is 25.3 Å². The molecule has 0 bridgehead atoms. The van der Waals surface area contributed by atoms with Gasteiger partial charge >= 0.3 is 0 Å². The predicted molar refractivity (Wildman–Crippen MR) is 108 cm³/mol. The largest absolute Gasteiger partial charge is 0.379 e. The summed E-state index contributed by atoms with van der Waals surface area (Å²) in [5.74, 6) is 1.43. The zero-order valence-corrected chi connectivity index (χ0v) is 17.3. The summed E-state index contributed by atoms with van der Waals surface area (Å²) in [4.78, 5) is 6.82. The third-order valence-electron chi connectivity index (χ3n) is 4.18. The molecule has 1 saturated heterocycles. The van der Waals surface area contributed by atoms with Crippen molar-refractivity contribution >= 4 is 29.9 Å². The second-order valence-corrected chi connectivity index (χ2v) is 6.11. The fraction of sp³-hybridized carbons (Fsp3) is 0.750. The Morgan fingerprint density at radius 2 is 2.04 bits per heavy atom. The minimum Gasteiger partial charge on any atom is -0.379 e. The van der Waals surface area contributed by atoms with Crippen molar-refractivity contribution in [2.75, 3.05) is 46.4 Å². The highest BCUT2D eigenvalue weighted by atomic mass is 127. The van der Waals surface area contributed by atoms with Crippen molar-refractivity contribution in [3.05, 3.63) is 18.5 Å². The Bertz CT molecular complexity index is 459. The van der Waals surface area contributed by atoms with Crippen LogP contribution in [0.5, 0.6) is 0 Å². The SMILES string of the molecule is CN=C(NCCn1cccn1)NCC(C(C)C)N1CCOCC1.I. The van der Waals surface area contributed by atoms with Gasteiger partial charge in [-0.15, -0.1) is 24.0 Å². The van der Waals surface area contributed by atoms with Crippen LogP contribution in [0.25, 0.3) is 0 Å². The molecule has 1 aromatic rings. The number of aromatic nitrogens is 2. The number of morpholine rings is 1. The third-order valence-corrected chi connectivity index (χ3v) is 4.18. The summed E-state index contributed by atoms with van der Waals surface area (Å²) in [5, 5.41) is 11.0. The first-order valence-corrected chi connectivity index (χ1v) is 8.44. The van der Waals surface area contributed by atoms with Crippen molar-refractivity contribution in [3.8, 4) is 0 Å². The van der Waals surface area contributed by atoms with Crippen LogP contribution in [0.2, 0.25) is 0 Å². The second-order valence-electron chi connectivity index (χ2n) is 6.11. The minimum atomic E-state index is 0. The first-order chi connectivity index (χ1) is 11.2. The van der Waals surface area contributed by atoms with E-state index in [1.165, 1.54) is 0 Å². The monoisotopic (exact) mass is 450 g/mol. The van der Waals surface area contributed by atoms with Gasteiger partial charge in [-0.1, -0.05) is 13.8 Å². The number of aliphatic imine (C=N–C) groups is 1. The predicted octanol–water partition coefficient (Wildman–Crippen LogP) is 1.02. The highest BCUT2D eigenvalue weighted by Gasteiger charge is 2.23. The Labute approximate surface area is 162 Å². The van der Waals surface area contributed by atoms with E-state index in [0.29, 0.717) is 12.0 Å². The van der Waals surface area contributed by atoms with E-state index in [1.807, 2.05) is 24.0 Å². The number of nitrogens with zero attached hydrogens (tertiary/aromatic N) is 4. The molecule has 0 spiro atoms. The van der Waals surface area contributed by atoms with Crippen molar-refractivity contribution in [2.24, 2.45) is 10.9 Å². The molecule has 138 valence electrons. The topological polar surface area (TPSA) is 66.7 Å². The van der Waals surface area contributed by atoms with E-state index in [1.54, 1.807) is 6.20 Å². The molecule has 8 heteroatoms. The van der Waals surface area contributed by atoms with Gasteiger partial charge in [0.25, 0.3) is 0 Å². The number of hydrogen-bond acceptors (Lipinski definition) is 4. The van der Waals surface area contributed by atoms with E-state index in [-0.39, 0.29) is 24.0 Å². The average molecular weight is 450 g/mol. The molecule has 2 N–H and O–H groups in total. The Balaban J connectivity index is 0.00000288. The zero-order chi connectivity index (χ0) is 16.5. The standard InChI is InChI=1S/C16H30N6O.HI/c1-14(2)15(21-9-11-23-12-10-21)13-19-16(17-3)18-6-8-22-7-4-5-20-22;/h4-5,7,14-15H,6,8-13H2,1-3H3,(H2,17,18,19);1H. The van der Waals surface area contributed by atoms with Crippen LogP contribution in [0.4, 0.5) is 0 Å². The molecule has 0 aliphatic carbocycles. The van der Waals surface area contributed by atoms with Gasteiger partial charge in [0.15, 0.2) is 5.96 Å². The maximum atomic E-state index is 5.46. The third kappa shape index (κ3) is 6.94. The molecule has 0 saturated carbocycles. The fourth-order valence-corrected chi connectivity index (χ4v) is 2.84. The summed E-state index contributed by atoms with van der Waals surface area (Å²) >= 11 is 0. The van der Waals surface area contributed by atoms with Gasteiger partial charge in [-0.05, 0) is 12.0 Å². The van der Waals surface area contributed by atoms with E-state index < -0.39 is 0 Å². The number of nitrogens with one attached hydrogen (secondary N) is 2. The molecule has 0 aromatic carbocycles. The molecular weight excluding hydrogens is 419 g/mol. The summed E-state index contributed by atoms with van der Waals surface area (Å²) < 4.78 is 7.37. The van der Waals surface area contributed by atoms with Crippen molar-refractivity contribution < 1.29 is 4.74 Å². The molecule has 1 fully saturated rings. The smallest absolute Gasteiger partial charge is 0.191 e. The van der Waals surface area contributed by atoms with Gasteiger partial charge in [0, 0.05) is 51.7 Å². The molecule has 0 amide bonds. The van der Waals surface area contributed by atoms with Gasteiger partial charge in [-0.25, -0.2) is 0 Å². The summed E-state index contributed by atoms with van der Waals surface area (Å²) in [6.07, 6.45) is 3.76. The van der Waals surface area contributed by atoms with Gasteiger partial charge in [-0.3, -0.25) is 14.6 Å². The van der Waals surface area contributed by atoms with E-state index >= 15 is 0 Å². The van der Waals surface area contributed by atoms with E-state index in [9.17, 15) is 0 Å². The van der Waals surface area contributed by atoms with Crippen molar-refractivity contribution in [1.29, 1.82) is 0 Å². The number of halogens is 1. The maximum absolute atomic E-state index is 5.46. The van der Waals surface area contributed by atoms with Crippen LogP contribution >= 0.6 is 24.0 Å². The van der Waals surface area contributed by atoms with Crippen molar-refractivity contribution in [2.45, 2.75) is 26.4 Å². The quantitative estimate of drug-likeness (QED) is 0.369. The van der Waals surface area contributed by atoms with Crippen LogP contribution < -0.4 is 10.6 Å². The molecule has 7 nitrogen and oxygen atoms in total. The van der Waals surface area contributed by atoms with Crippen LogP contribution in [0.1, 0.15) is 13.8 Å². The lowest BCUT2D eigenvalue weighted by Gasteiger charge is -2.37. The Morgan fingerprint density at radius 3 is 2.62 bits per heavy atom. The molecule has 2 rings (SSSR count). The Hall–Kier alpha value is -0.870. The summed E-state index contributed by atoms with van der Waals surface area (Å²) in [6.45, 7) is 10.7. The van der Waals surface area contributed by atoms with Crippen LogP contribution in [-0.2, 0) is 11.3 Å². The molecule has 1 aromatic heterocycles. The highest BCUT2D eigenvalue weighted by Crippen LogP contribution is 2.12. The second kappa shape index (κ2) is 11.6. The molecule has 1 aliphatic heterocycles. The summed E-state index contributed by atoms with van der Waals surface area (Å²) in [7, 11) is 1.81. The van der Waals surface area contributed by atoms with Gasteiger partial charge in [0.1, 0.15) is 0 Å². The molecule has 1 unspecified atom stereocenters. The van der Waals surface area contributed by atoms with Gasteiger partial charge in [0.2, 0.25) is 0 Å². The lowest BCUT2D eigenvalue weighted by molar-refractivity contribution is 0.00752. The molecule has 0 radical (unpaired) electrons. The maximum Gasteiger partial charge on any atom is 0.191 e. The van der Waals surface area contributed by atoms with E-state index in [2.05, 4.69) is 39.5 Å². The Morgan fingerprint density at radius 1 is 1.29 bits per heavy atom. The highest BCUT2D eigenvalue weighted by molar-refractivity contribution is 14.0. The number of hydrogen-bond donors (Lipinski definition) is 2. The first-order valence-electron chi connectivity index (χ1n) is 8.44. The van der Waals surface area contributed by atoms with E-state index in [4.69, 9.17) is 4.74 Å². The van der Waals surface area contributed by atoms with Gasteiger partial charge in [0.05, 0.1) is 19.8 Å². The minimum absolute atomic E-state index is 0. The lowest BCUT2D eigenvalue weighted by atomic mass is 10.0. The van der Waals surface area contributed by atoms with Crippen LogP contribution in [0.15, 0.2) is 23.5 Å². The number of ether oxygens (including phenoxy) is 1. The van der Waals surface area contributed by atoms with Crippen molar-refractivity contribution in [3.63, 3.8) is 0 Å². The van der Waals surface area contributed by atoms with Gasteiger partial charge < -0.3 is 15.4 Å². The summed E-state index contributed by atoms with van der Waals surface area (Å²) in [6, 6.07) is 2.42. The van der Waals surface area contributed by atoms with Crippen LogP contribution in [0.3, 0.4) is 0 Å². The van der Waals surface area contributed by atoms with Gasteiger partial charge in [-0.2, -0.15) is 5.10 Å². The average Bonchev–Trinajstić information content (AvgIpc) is 3.07. The number of guanidine groups is 1. The first kappa shape index (κ1) is 21.2. The molecule has 1 aliphatic rings. The van der Waals surface area contributed by atoms with Crippen LogP contribution in [-0.4, -0.2) is 73.1 Å². The normalized spacial score (nSPS) is 17.4.